The number of imidazole rings is 1. The third kappa shape index (κ3) is 6.12. The van der Waals surface area contributed by atoms with Crippen molar-refractivity contribution in [2.45, 2.75) is 51.0 Å². The predicted molar refractivity (Wildman–Crippen MR) is 163 cm³/mol. The number of pyridine rings is 1. The Labute approximate surface area is 259 Å². The minimum atomic E-state index is -0.384. The second-order valence-corrected chi connectivity index (χ2v) is 11.7. The molecule has 228 valence electrons. The summed E-state index contributed by atoms with van der Waals surface area (Å²) in [7, 11) is 1.55. The van der Waals surface area contributed by atoms with Crippen LogP contribution in [0.4, 0.5) is 4.39 Å². The lowest BCUT2D eigenvalue weighted by Crippen LogP contribution is -2.35. The standard InChI is InChI=1S/C32H33ClFN7O3/c1-42-32-37-31(38-39-32)21-6-8-28-27(15-21)35-29(41(28)17-24-11-14-43-24)18-40-12-9-20(10-13-40)26-3-2-4-30(36-26)44-19-22-5-7-23(33)16-25(22)34/h2-8,15-16,20,24H,9-14,17-19H2,1H3,(H,37,38,39)/t24-/m0/s1. The lowest BCUT2D eigenvalue weighted by Gasteiger charge is -2.32. The number of halogens is 2. The first kappa shape index (κ1) is 28.7. The van der Waals surface area contributed by atoms with E-state index in [1.54, 1.807) is 19.2 Å². The molecule has 2 aliphatic heterocycles. The van der Waals surface area contributed by atoms with Crippen LogP contribution in [0.3, 0.4) is 0 Å². The van der Waals surface area contributed by atoms with E-state index in [-0.39, 0.29) is 18.5 Å². The Kier molecular flexibility index (Phi) is 8.16. The number of aromatic nitrogens is 6. The number of ether oxygens (including phenoxy) is 3. The molecule has 1 atom stereocenters. The highest BCUT2D eigenvalue weighted by atomic mass is 35.5. The summed E-state index contributed by atoms with van der Waals surface area (Å²) in [6.07, 6.45) is 3.23. The molecule has 0 radical (unpaired) electrons. The van der Waals surface area contributed by atoms with Crippen LogP contribution < -0.4 is 9.47 Å². The Hall–Kier alpha value is -4.06. The van der Waals surface area contributed by atoms with Gasteiger partial charge in [0.2, 0.25) is 5.88 Å². The molecule has 0 spiro atoms. The molecule has 3 aromatic heterocycles. The first-order valence-corrected chi connectivity index (χ1v) is 15.2. The van der Waals surface area contributed by atoms with E-state index in [4.69, 9.17) is 35.8 Å². The first-order valence-electron chi connectivity index (χ1n) is 14.9. The van der Waals surface area contributed by atoms with Crippen LogP contribution in [0.1, 0.15) is 42.3 Å². The van der Waals surface area contributed by atoms with Gasteiger partial charge in [0, 0.05) is 40.4 Å². The van der Waals surface area contributed by atoms with Crippen molar-refractivity contribution >= 4 is 22.6 Å². The van der Waals surface area contributed by atoms with Gasteiger partial charge >= 0.3 is 6.01 Å². The average molecular weight is 618 g/mol. The van der Waals surface area contributed by atoms with Crippen LogP contribution >= 0.6 is 11.6 Å². The third-order valence-electron chi connectivity index (χ3n) is 8.43. The fourth-order valence-electron chi connectivity index (χ4n) is 5.87. The van der Waals surface area contributed by atoms with Gasteiger partial charge in [0.1, 0.15) is 18.2 Å². The Morgan fingerprint density at radius 2 is 1.91 bits per heavy atom. The average Bonchev–Trinajstić information content (AvgIpc) is 3.63. The number of likely N-dealkylation sites (tertiary alicyclic amines) is 1. The Balaban J connectivity index is 1.02. The van der Waals surface area contributed by atoms with E-state index in [2.05, 4.69) is 36.8 Å². The lowest BCUT2D eigenvalue weighted by atomic mass is 9.93. The highest BCUT2D eigenvalue weighted by Crippen LogP contribution is 2.31. The van der Waals surface area contributed by atoms with Crippen molar-refractivity contribution in [2.24, 2.45) is 0 Å². The van der Waals surface area contributed by atoms with E-state index >= 15 is 0 Å². The van der Waals surface area contributed by atoms with Gasteiger partial charge in [-0.1, -0.05) is 23.7 Å². The van der Waals surface area contributed by atoms with Crippen LogP contribution in [-0.2, 0) is 24.4 Å². The van der Waals surface area contributed by atoms with Crippen LogP contribution in [0.15, 0.2) is 54.6 Å². The van der Waals surface area contributed by atoms with Crippen LogP contribution in [0.2, 0.25) is 5.02 Å². The highest BCUT2D eigenvalue weighted by Gasteiger charge is 2.26. The summed E-state index contributed by atoms with van der Waals surface area (Å²) >= 11 is 5.87. The number of benzene rings is 2. The van der Waals surface area contributed by atoms with Crippen molar-refractivity contribution in [1.82, 2.24) is 34.6 Å². The summed E-state index contributed by atoms with van der Waals surface area (Å²) in [5, 5.41) is 7.37. The number of methoxy groups -OCH3 is 1. The molecule has 7 rings (SSSR count). The molecular weight excluding hydrogens is 585 g/mol. The molecule has 10 nitrogen and oxygen atoms in total. The number of H-pyrrole nitrogens is 1. The van der Waals surface area contributed by atoms with Crippen LogP contribution in [0.25, 0.3) is 22.4 Å². The molecule has 5 aromatic rings. The molecule has 0 aliphatic carbocycles. The van der Waals surface area contributed by atoms with E-state index in [9.17, 15) is 4.39 Å². The fraction of sp³-hybridized carbons (Fsp3) is 0.375. The zero-order valence-electron chi connectivity index (χ0n) is 24.4. The van der Waals surface area contributed by atoms with Crippen molar-refractivity contribution in [3.8, 4) is 23.3 Å². The van der Waals surface area contributed by atoms with E-state index in [1.165, 1.54) is 6.07 Å². The fourth-order valence-corrected chi connectivity index (χ4v) is 6.02. The molecule has 1 N–H and O–H groups in total. The summed E-state index contributed by atoms with van der Waals surface area (Å²) in [5.41, 5.74) is 4.35. The number of rotatable bonds is 10. The van der Waals surface area contributed by atoms with Gasteiger partial charge in [0.25, 0.3) is 0 Å². The molecule has 12 heteroatoms. The minimum Gasteiger partial charge on any atom is -0.473 e. The van der Waals surface area contributed by atoms with Gasteiger partial charge in [-0.3, -0.25) is 10.00 Å². The van der Waals surface area contributed by atoms with E-state index < -0.39 is 0 Å². The Morgan fingerprint density at radius 3 is 2.66 bits per heavy atom. The molecule has 2 aliphatic rings. The second-order valence-electron chi connectivity index (χ2n) is 11.3. The van der Waals surface area contributed by atoms with Gasteiger partial charge in [-0.05, 0) is 68.8 Å². The van der Waals surface area contributed by atoms with Gasteiger partial charge in [-0.25, -0.2) is 14.4 Å². The van der Waals surface area contributed by atoms with Gasteiger partial charge in [-0.15, -0.1) is 5.10 Å². The number of nitrogens with zero attached hydrogens (tertiary/aromatic N) is 6. The third-order valence-corrected chi connectivity index (χ3v) is 8.67. The maximum absolute atomic E-state index is 14.2. The summed E-state index contributed by atoms with van der Waals surface area (Å²) in [6.45, 7) is 4.31. The van der Waals surface area contributed by atoms with Crippen LogP contribution in [0.5, 0.6) is 11.9 Å². The lowest BCUT2D eigenvalue weighted by molar-refractivity contribution is -0.0592. The summed E-state index contributed by atoms with van der Waals surface area (Å²) in [5.74, 6) is 2.11. The maximum atomic E-state index is 14.2. The number of aromatic amines is 1. The van der Waals surface area contributed by atoms with E-state index in [0.29, 0.717) is 34.2 Å². The van der Waals surface area contributed by atoms with Gasteiger partial charge in [-0.2, -0.15) is 4.98 Å². The summed E-state index contributed by atoms with van der Waals surface area (Å²) in [6, 6.07) is 16.9. The van der Waals surface area contributed by atoms with Crippen molar-refractivity contribution < 1.29 is 18.6 Å². The molecule has 44 heavy (non-hydrogen) atoms. The van der Waals surface area contributed by atoms with Gasteiger partial charge in [0.15, 0.2) is 5.82 Å². The largest absolute Gasteiger partial charge is 0.473 e. The van der Waals surface area contributed by atoms with Crippen molar-refractivity contribution in [1.29, 1.82) is 0 Å². The van der Waals surface area contributed by atoms with Crippen molar-refractivity contribution in [3.63, 3.8) is 0 Å². The predicted octanol–water partition coefficient (Wildman–Crippen LogP) is 5.77. The normalized spacial score (nSPS) is 17.6. The zero-order chi connectivity index (χ0) is 30.0. The van der Waals surface area contributed by atoms with Gasteiger partial charge in [0.05, 0.1) is 37.3 Å². The highest BCUT2D eigenvalue weighted by molar-refractivity contribution is 6.30. The van der Waals surface area contributed by atoms with Crippen LogP contribution in [0, 0.1) is 5.82 Å². The van der Waals surface area contributed by atoms with Crippen molar-refractivity contribution in [3.05, 3.63) is 82.5 Å². The molecular formula is C32H33ClFN7O3. The number of hydrogen-bond acceptors (Lipinski definition) is 8. The Bertz CT molecular complexity index is 1760. The molecule has 5 heterocycles. The topological polar surface area (TPSA) is 103 Å². The number of fused-ring (bicyclic) bond motifs is 1. The summed E-state index contributed by atoms with van der Waals surface area (Å²) in [4.78, 5) is 16.7. The van der Waals surface area contributed by atoms with E-state index in [1.807, 2.05) is 24.3 Å². The van der Waals surface area contributed by atoms with E-state index in [0.717, 1.165) is 80.2 Å². The smallest absolute Gasteiger partial charge is 0.335 e. The summed E-state index contributed by atoms with van der Waals surface area (Å²) < 4.78 is 33.2. The monoisotopic (exact) mass is 617 g/mol. The molecule has 0 saturated carbocycles. The molecule has 0 unspecified atom stereocenters. The number of nitrogens with one attached hydrogen (secondary N) is 1. The van der Waals surface area contributed by atoms with Crippen LogP contribution in [-0.4, -0.2) is 67.5 Å². The quantitative estimate of drug-likeness (QED) is 0.211. The van der Waals surface area contributed by atoms with Crippen molar-refractivity contribution in [2.75, 3.05) is 26.8 Å². The molecule has 2 aromatic carbocycles. The molecule has 0 amide bonds. The minimum absolute atomic E-state index is 0.0961. The number of hydrogen-bond donors (Lipinski definition) is 1. The molecule has 0 bridgehead atoms. The maximum Gasteiger partial charge on any atom is 0.335 e. The second kappa shape index (κ2) is 12.5. The molecule has 2 saturated heterocycles. The number of piperidine rings is 1. The SMILES string of the molecule is COc1n[nH]c(-c2ccc3c(c2)nc(CN2CCC(c4cccc(OCc5ccc(Cl)cc5F)n4)CC2)n3C[C@@H]2CCO2)n1. The molecule has 2 fully saturated rings. The Morgan fingerprint density at radius 1 is 1.05 bits per heavy atom. The first-order chi connectivity index (χ1) is 21.5. The zero-order valence-corrected chi connectivity index (χ0v) is 25.1. The van der Waals surface area contributed by atoms with Gasteiger partial charge < -0.3 is 18.8 Å².